The number of rotatable bonds is 12. The van der Waals surface area contributed by atoms with Crippen molar-refractivity contribution in [3.8, 4) is 22.3 Å². The van der Waals surface area contributed by atoms with Gasteiger partial charge in [-0.25, -0.2) is 4.39 Å². The Balaban J connectivity index is 1.93. The van der Waals surface area contributed by atoms with E-state index in [4.69, 9.17) is 5.11 Å². The van der Waals surface area contributed by atoms with E-state index in [-0.39, 0.29) is 41.8 Å². The minimum Gasteiger partial charge on any atom is -0.481 e. The maximum atomic E-state index is 15.8. The second-order valence-corrected chi connectivity index (χ2v) is 10.5. The molecule has 0 saturated heterocycles. The Bertz CT molecular complexity index is 1510. The molecule has 0 radical (unpaired) electrons. The number of aliphatic hydroxyl groups excluding tert-OH is 2. The van der Waals surface area contributed by atoms with Crippen LogP contribution < -0.4 is 5.12 Å². The van der Waals surface area contributed by atoms with Gasteiger partial charge in [-0.1, -0.05) is 65.1 Å². The molecule has 42 heavy (non-hydrogen) atoms. The zero-order valence-electron chi connectivity index (χ0n) is 23.5. The number of carboxylic acids is 1. The van der Waals surface area contributed by atoms with Crippen LogP contribution >= 0.6 is 0 Å². The van der Waals surface area contributed by atoms with E-state index < -0.39 is 36.3 Å². The summed E-state index contributed by atoms with van der Waals surface area (Å²) in [6.07, 6.45) is -2.59. The van der Waals surface area contributed by atoms with Crippen molar-refractivity contribution in [1.82, 2.24) is 4.57 Å². The first kappa shape index (κ1) is 30.6. The second kappa shape index (κ2) is 13.5. The molecular weight excluding hydrogens is 542 g/mol. The number of halogens is 2. The fourth-order valence-electron chi connectivity index (χ4n) is 5.27. The molecule has 4 rings (SSSR count). The zero-order valence-corrected chi connectivity index (χ0v) is 23.5. The lowest BCUT2D eigenvalue weighted by Crippen LogP contribution is -2.27. The Morgan fingerprint density at radius 2 is 1.40 bits per heavy atom. The number of carboxylic acid groups (broad SMARTS) is 1. The van der Waals surface area contributed by atoms with E-state index in [1.165, 1.54) is 24.3 Å². The third-order valence-corrected chi connectivity index (χ3v) is 7.05. The van der Waals surface area contributed by atoms with Gasteiger partial charge in [0, 0.05) is 22.9 Å². The van der Waals surface area contributed by atoms with Crippen molar-refractivity contribution in [3.05, 3.63) is 102 Å². The maximum Gasteiger partial charge on any atom is 0.305 e. The van der Waals surface area contributed by atoms with Crippen LogP contribution in [-0.2, 0) is 11.2 Å². The molecule has 3 N–H and O–H groups in total. The lowest BCUT2D eigenvalue weighted by Gasteiger charge is -2.21. The van der Waals surface area contributed by atoms with E-state index in [9.17, 15) is 24.2 Å². The molecule has 0 bridgehead atoms. The molecule has 1 amide bonds. The molecule has 1 heterocycles. The van der Waals surface area contributed by atoms with Crippen molar-refractivity contribution in [2.45, 2.75) is 57.8 Å². The third kappa shape index (κ3) is 6.92. The molecule has 0 aliphatic rings. The summed E-state index contributed by atoms with van der Waals surface area (Å²) in [4.78, 5) is 25.0. The van der Waals surface area contributed by atoms with Crippen LogP contribution in [0.1, 0.15) is 55.3 Å². The van der Waals surface area contributed by atoms with Gasteiger partial charge in [-0.3, -0.25) is 9.59 Å². The monoisotopic (exact) mass is 576 g/mol. The topological polar surface area (TPSA) is 103 Å². The average molecular weight is 577 g/mol. The van der Waals surface area contributed by atoms with Crippen LogP contribution in [0.25, 0.3) is 22.3 Å². The quantitative estimate of drug-likeness (QED) is 0.165. The predicted molar refractivity (Wildman–Crippen MR) is 157 cm³/mol. The van der Waals surface area contributed by atoms with Crippen LogP contribution in [0.3, 0.4) is 0 Å². The smallest absolute Gasteiger partial charge is 0.305 e. The highest BCUT2D eigenvalue weighted by atomic mass is 19.2. The lowest BCUT2D eigenvalue weighted by atomic mass is 9.92. The van der Waals surface area contributed by atoms with Crippen molar-refractivity contribution < 1.29 is 33.8 Å². The number of para-hydroxylation sites is 1. The molecule has 0 saturated carbocycles. The average Bonchev–Trinajstić information content (AvgIpc) is 3.31. The van der Waals surface area contributed by atoms with Gasteiger partial charge in [-0.05, 0) is 68.5 Å². The van der Waals surface area contributed by atoms with E-state index >= 15 is 4.48 Å². The van der Waals surface area contributed by atoms with Crippen LogP contribution in [0.5, 0.6) is 0 Å². The van der Waals surface area contributed by atoms with Crippen LogP contribution in [-0.4, -0.2) is 44.0 Å². The third-order valence-electron chi connectivity index (χ3n) is 7.05. The van der Waals surface area contributed by atoms with E-state index in [1.807, 2.05) is 44.2 Å². The molecule has 2 atom stereocenters. The van der Waals surface area contributed by atoms with E-state index in [0.29, 0.717) is 27.9 Å². The minimum atomic E-state index is -1.23. The first-order valence-corrected chi connectivity index (χ1v) is 13.8. The number of hydrogen-bond donors (Lipinski definition) is 3. The van der Waals surface area contributed by atoms with Crippen molar-refractivity contribution in [1.29, 1.82) is 0 Å². The Morgan fingerprint density at radius 3 is 1.98 bits per heavy atom. The summed E-state index contributed by atoms with van der Waals surface area (Å²) in [6, 6.07) is 22.5. The molecule has 0 spiro atoms. The summed E-state index contributed by atoms with van der Waals surface area (Å²) in [6.45, 7) is 3.73. The summed E-state index contributed by atoms with van der Waals surface area (Å²) in [5.41, 5.74) is 3.09. The van der Waals surface area contributed by atoms with Gasteiger partial charge in [-0.15, -0.1) is 5.12 Å². The van der Waals surface area contributed by atoms with Gasteiger partial charge < -0.3 is 19.9 Å². The molecule has 4 aromatic rings. The molecule has 220 valence electrons. The number of anilines is 1. The number of aromatic nitrogens is 1. The molecule has 0 fully saturated rings. The molecule has 7 nitrogen and oxygen atoms in total. The van der Waals surface area contributed by atoms with Crippen molar-refractivity contribution in [3.63, 3.8) is 0 Å². The fourth-order valence-corrected chi connectivity index (χ4v) is 5.27. The molecule has 0 aliphatic carbocycles. The molecular formula is C33H34F2N2O5. The highest BCUT2D eigenvalue weighted by Crippen LogP contribution is 2.43. The van der Waals surface area contributed by atoms with Crippen LogP contribution in [0.2, 0.25) is 0 Å². The fraction of sp³-hybridized carbons (Fsp3) is 0.273. The minimum absolute atomic E-state index is 0.0609. The summed E-state index contributed by atoms with van der Waals surface area (Å²) < 4.78 is 31.6. The number of nitrogens with zero attached hydrogens (tertiary/aromatic N) is 2. The summed E-state index contributed by atoms with van der Waals surface area (Å²) in [7, 11) is 0. The van der Waals surface area contributed by atoms with Crippen molar-refractivity contribution >= 4 is 17.6 Å². The SMILES string of the molecule is CC(C)n1c(CCC(O)CC(O)CC(=O)O)c(-c2ccc(F)cc2)c(-c2ccccc2)c1C(=O)N(F)c1ccccc1. The number of benzene rings is 3. The first-order valence-electron chi connectivity index (χ1n) is 13.8. The molecule has 3 aromatic carbocycles. The van der Waals surface area contributed by atoms with Gasteiger partial charge in [0.15, 0.2) is 0 Å². The second-order valence-electron chi connectivity index (χ2n) is 10.5. The molecule has 2 unspecified atom stereocenters. The lowest BCUT2D eigenvalue weighted by molar-refractivity contribution is -0.139. The van der Waals surface area contributed by atoms with Crippen LogP contribution in [0, 0.1) is 5.82 Å². The Morgan fingerprint density at radius 1 is 0.833 bits per heavy atom. The Hall–Kier alpha value is -4.34. The standard InChI is InChI=1S/C33H34F2N2O5/c1-21(2)36-28(18-17-26(38)19-27(39)20-29(40)41)30(23-13-15-24(34)16-14-23)31(22-9-5-3-6-10-22)32(36)33(42)37(35)25-11-7-4-8-12-25/h3-16,21,26-27,38-39H,17-20H2,1-2H3,(H,40,41). The molecule has 9 heteroatoms. The predicted octanol–water partition coefficient (Wildman–Crippen LogP) is 6.59. The van der Waals surface area contributed by atoms with Gasteiger partial charge >= 0.3 is 11.9 Å². The highest BCUT2D eigenvalue weighted by molar-refractivity contribution is 6.11. The van der Waals surface area contributed by atoms with Crippen LogP contribution in [0.15, 0.2) is 84.9 Å². The number of carbonyl (C=O) groups excluding carboxylic acids is 1. The van der Waals surface area contributed by atoms with Crippen LogP contribution in [0.4, 0.5) is 14.6 Å². The van der Waals surface area contributed by atoms with E-state index in [1.54, 1.807) is 34.9 Å². The normalized spacial score (nSPS) is 12.7. The molecule has 0 aliphatic heterocycles. The van der Waals surface area contributed by atoms with E-state index in [0.717, 1.165) is 0 Å². The van der Waals surface area contributed by atoms with Gasteiger partial charge in [-0.2, -0.15) is 0 Å². The molecule has 1 aromatic heterocycles. The summed E-state index contributed by atoms with van der Waals surface area (Å²) in [5.74, 6) is -2.50. The number of amides is 1. The first-order chi connectivity index (χ1) is 20.1. The Labute approximate surface area is 243 Å². The van der Waals surface area contributed by atoms with Crippen molar-refractivity contribution in [2.24, 2.45) is 0 Å². The van der Waals surface area contributed by atoms with Gasteiger partial charge in [0.25, 0.3) is 0 Å². The van der Waals surface area contributed by atoms with Gasteiger partial charge in [0.2, 0.25) is 0 Å². The van der Waals surface area contributed by atoms with Crippen molar-refractivity contribution in [2.75, 3.05) is 5.12 Å². The van der Waals surface area contributed by atoms with Gasteiger partial charge in [0.05, 0.1) is 24.3 Å². The summed E-state index contributed by atoms with van der Waals surface area (Å²) >= 11 is 0. The van der Waals surface area contributed by atoms with Gasteiger partial charge in [0.1, 0.15) is 11.5 Å². The zero-order chi connectivity index (χ0) is 30.4. The number of aliphatic carboxylic acids is 1. The number of aliphatic hydroxyl groups is 2. The highest BCUT2D eigenvalue weighted by Gasteiger charge is 2.33. The Kier molecular flexibility index (Phi) is 9.88. The largest absolute Gasteiger partial charge is 0.481 e. The number of hydrogen-bond acceptors (Lipinski definition) is 4. The van der Waals surface area contributed by atoms with E-state index in [2.05, 4.69) is 0 Å². The summed E-state index contributed by atoms with van der Waals surface area (Å²) in [5, 5.41) is 29.8. The maximum absolute atomic E-state index is 15.8. The number of carbonyl (C=O) groups is 2.